The first-order valence-electron chi connectivity index (χ1n) is 3.59. The Morgan fingerprint density at radius 2 is 2.23 bits per heavy atom. The van der Waals surface area contributed by atoms with Crippen LogP contribution >= 0.6 is 0 Å². The van der Waals surface area contributed by atoms with Gasteiger partial charge in [-0.2, -0.15) is 5.26 Å². The van der Waals surface area contributed by atoms with Gasteiger partial charge in [0.2, 0.25) is 0 Å². The van der Waals surface area contributed by atoms with E-state index in [0.717, 1.165) is 0 Å². The van der Waals surface area contributed by atoms with Crippen molar-refractivity contribution in [2.45, 2.75) is 6.92 Å². The molecular weight excluding hydrogens is 168 g/mol. The van der Waals surface area contributed by atoms with Crippen molar-refractivity contribution >= 4 is 11.7 Å². The van der Waals surface area contributed by atoms with E-state index in [2.05, 4.69) is 0 Å². The number of aromatic carboxylic acids is 1. The lowest BCUT2D eigenvalue weighted by Crippen LogP contribution is -2.03. The van der Waals surface area contributed by atoms with Crippen LogP contribution in [0, 0.1) is 18.3 Å². The summed E-state index contributed by atoms with van der Waals surface area (Å²) >= 11 is 0. The number of nitriles is 1. The average Bonchev–Trinajstić information content (AvgIpc) is 2.03. The van der Waals surface area contributed by atoms with Crippen molar-refractivity contribution in [2.24, 2.45) is 0 Å². The van der Waals surface area contributed by atoms with E-state index in [4.69, 9.17) is 16.1 Å². The van der Waals surface area contributed by atoms with Crippen LogP contribution in [0.3, 0.4) is 0 Å². The molecule has 0 heterocycles. The normalized spacial score (nSPS) is 9.23. The Labute approximate surface area is 75.2 Å². The summed E-state index contributed by atoms with van der Waals surface area (Å²) in [6.45, 7) is 1.71. The number of carbonyl (C=O) groups is 1. The lowest BCUT2D eigenvalue weighted by molar-refractivity contribution is 0.0698. The molecule has 0 bridgehead atoms. The highest BCUT2D eigenvalue weighted by Crippen LogP contribution is 2.17. The summed E-state index contributed by atoms with van der Waals surface area (Å²) in [5, 5.41) is 17.3. The molecule has 0 saturated carbocycles. The second kappa shape index (κ2) is 3.15. The predicted molar refractivity (Wildman–Crippen MR) is 47.3 cm³/mol. The van der Waals surface area contributed by atoms with Crippen molar-refractivity contribution in [3.63, 3.8) is 0 Å². The summed E-state index contributed by atoms with van der Waals surface area (Å²) in [5.74, 6) is -1.12. The van der Waals surface area contributed by atoms with Crippen LogP contribution in [0.5, 0.6) is 0 Å². The molecule has 4 heteroatoms. The minimum atomic E-state index is -1.12. The molecule has 0 aliphatic carbocycles. The minimum absolute atomic E-state index is 0.0258. The Bertz CT molecular complexity index is 405. The van der Waals surface area contributed by atoms with Gasteiger partial charge in [-0.05, 0) is 24.6 Å². The van der Waals surface area contributed by atoms with E-state index in [9.17, 15) is 4.79 Å². The molecule has 0 aliphatic heterocycles. The van der Waals surface area contributed by atoms with E-state index in [-0.39, 0.29) is 11.3 Å². The molecule has 0 fully saturated rings. The molecule has 0 radical (unpaired) electrons. The molecule has 4 nitrogen and oxygen atoms in total. The summed E-state index contributed by atoms with van der Waals surface area (Å²) in [6.07, 6.45) is 0. The second-order valence-corrected chi connectivity index (χ2v) is 2.67. The van der Waals surface area contributed by atoms with Gasteiger partial charge >= 0.3 is 5.97 Å². The van der Waals surface area contributed by atoms with Gasteiger partial charge in [0.1, 0.15) is 0 Å². The van der Waals surface area contributed by atoms with Crippen LogP contribution in [0.15, 0.2) is 12.1 Å². The number of hydrogen-bond donors (Lipinski definition) is 2. The largest absolute Gasteiger partial charge is 0.478 e. The number of anilines is 1. The zero-order valence-corrected chi connectivity index (χ0v) is 7.03. The zero-order chi connectivity index (χ0) is 10.0. The van der Waals surface area contributed by atoms with Crippen LogP contribution in [-0.4, -0.2) is 11.1 Å². The molecule has 13 heavy (non-hydrogen) atoms. The summed E-state index contributed by atoms with van der Waals surface area (Å²) in [5.41, 5.74) is 6.64. The van der Waals surface area contributed by atoms with Crippen LogP contribution < -0.4 is 5.73 Å². The van der Waals surface area contributed by atoms with E-state index in [0.29, 0.717) is 11.1 Å². The van der Waals surface area contributed by atoms with E-state index >= 15 is 0 Å². The molecule has 0 saturated heterocycles. The van der Waals surface area contributed by atoms with Gasteiger partial charge in [-0.1, -0.05) is 0 Å². The number of nitrogen functional groups attached to an aromatic ring is 1. The topological polar surface area (TPSA) is 87.1 Å². The van der Waals surface area contributed by atoms with Crippen molar-refractivity contribution in [1.82, 2.24) is 0 Å². The molecule has 0 aromatic heterocycles. The first-order chi connectivity index (χ1) is 6.06. The molecular formula is C9H8N2O2. The molecule has 3 N–H and O–H groups in total. The van der Waals surface area contributed by atoms with Gasteiger partial charge < -0.3 is 10.8 Å². The zero-order valence-electron chi connectivity index (χ0n) is 7.03. The molecule has 1 aromatic rings. The first-order valence-corrected chi connectivity index (χ1v) is 3.59. The maximum Gasteiger partial charge on any atom is 0.337 e. The van der Waals surface area contributed by atoms with Crippen molar-refractivity contribution in [1.29, 1.82) is 5.26 Å². The Morgan fingerprint density at radius 1 is 1.62 bits per heavy atom. The number of benzene rings is 1. The molecule has 1 rings (SSSR count). The third kappa shape index (κ3) is 1.59. The number of aryl methyl sites for hydroxylation is 1. The van der Waals surface area contributed by atoms with Crippen molar-refractivity contribution in [3.05, 3.63) is 28.8 Å². The molecule has 1 aromatic carbocycles. The number of carboxylic acid groups (broad SMARTS) is 1. The fourth-order valence-electron chi connectivity index (χ4n) is 1.04. The number of nitrogens with zero attached hydrogens (tertiary/aromatic N) is 1. The van der Waals surface area contributed by atoms with Gasteiger partial charge in [-0.15, -0.1) is 0 Å². The Morgan fingerprint density at radius 3 is 2.69 bits per heavy atom. The van der Waals surface area contributed by atoms with E-state index < -0.39 is 5.97 Å². The highest BCUT2D eigenvalue weighted by atomic mass is 16.4. The van der Waals surface area contributed by atoms with Crippen LogP contribution in [0.25, 0.3) is 0 Å². The van der Waals surface area contributed by atoms with E-state index in [1.165, 1.54) is 12.1 Å². The maximum atomic E-state index is 10.6. The Kier molecular flexibility index (Phi) is 2.20. The van der Waals surface area contributed by atoms with Crippen LogP contribution in [0.2, 0.25) is 0 Å². The second-order valence-electron chi connectivity index (χ2n) is 2.67. The van der Waals surface area contributed by atoms with E-state index in [1.54, 1.807) is 6.92 Å². The van der Waals surface area contributed by atoms with Gasteiger partial charge in [-0.25, -0.2) is 4.79 Å². The number of nitrogens with two attached hydrogens (primary N) is 1. The van der Waals surface area contributed by atoms with Crippen molar-refractivity contribution < 1.29 is 9.90 Å². The quantitative estimate of drug-likeness (QED) is 0.628. The lowest BCUT2D eigenvalue weighted by atomic mass is 10.0. The van der Waals surface area contributed by atoms with Gasteiger partial charge in [0.05, 0.1) is 17.2 Å². The Hall–Kier alpha value is -2.02. The number of carboxylic acids is 1. The number of hydrogen-bond acceptors (Lipinski definition) is 3. The van der Waals surface area contributed by atoms with Crippen molar-refractivity contribution in [2.75, 3.05) is 5.73 Å². The minimum Gasteiger partial charge on any atom is -0.478 e. The monoisotopic (exact) mass is 176 g/mol. The van der Waals surface area contributed by atoms with Gasteiger partial charge in [-0.3, -0.25) is 0 Å². The Balaban J connectivity index is 3.41. The number of rotatable bonds is 1. The molecule has 0 amide bonds. The summed E-state index contributed by atoms with van der Waals surface area (Å²) in [6, 6.07) is 4.67. The third-order valence-corrected chi connectivity index (χ3v) is 1.75. The fourth-order valence-corrected chi connectivity index (χ4v) is 1.04. The predicted octanol–water partition coefficient (Wildman–Crippen LogP) is 1.15. The molecule has 66 valence electrons. The summed E-state index contributed by atoms with van der Waals surface area (Å²) < 4.78 is 0. The van der Waals surface area contributed by atoms with Crippen LogP contribution in [0.1, 0.15) is 21.5 Å². The molecule has 0 spiro atoms. The maximum absolute atomic E-state index is 10.6. The highest BCUT2D eigenvalue weighted by molar-refractivity contribution is 5.94. The smallest absolute Gasteiger partial charge is 0.337 e. The van der Waals surface area contributed by atoms with Crippen molar-refractivity contribution in [3.8, 4) is 6.07 Å². The van der Waals surface area contributed by atoms with Gasteiger partial charge in [0.25, 0.3) is 0 Å². The fraction of sp³-hybridized carbons (Fsp3) is 0.111. The first kappa shape index (κ1) is 9.07. The molecule has 0 unspecified atom stereocenters. The lowest BCUT2D eigenvalue weighted by Gasteiger charge is -2.03. The van der Waals surface area contributed by atoms with Gasteiger partial charge in [0.15, 0.2) is 0 Å². The van der Waals surface area contributed by atoms with E-state index in [1.807, 2.05) is 6.07 Å². The highest BCUT2D eigenvalue weighted by Gasteiger charge is 2.10. The summed E-state index contributed by atoms with van der Waals surface area (Å²) in [7, 11) is 0. The summed E-state index contributed by atoms with van der Waals surface area (Å²) in [4.78, 5) is 10.6. The molecule has 0 aliphatic rings. The third-order valence-electron chi connectivity index (χ3n) is 1.75. The van der Waals surface area contributed by atoms with Crippen LogP contribution in [-0.2, 0) is 0 Å². The SMILES string of the molecule is Cc1cc(N)c(C(=O)O)cc1C#N. The average molecular weight is 176 g/mol. The van der Waals surface area contributed by atoms with Crippen LogP contribution in [0.4, 0.5) is 5.69 Å². The standard InChI is InChI=1S/C9H8N2O2/c1-5-2-8(11)7(9(12)13)3-6(5)4-10/h2-3H,11H2,1H3,(H,12,13). The van der Waals surface area contributed by atoms with Gasteiger partial charge in [0, 0.05) is 5.69 Å². The molecule has 0 atom stereocenters.